The molecule has 0 aliphatic heterocycles. The Labute approximate surface area is 138 Å². The lowest BCUT2D eigenvalue weighted by atomic mass is 10.3. The molecule has 0 saturated heterocycles. The molecule has 0 aliphatic rings. The molecule has 0 aromatic heterocycles. The molecule has 2 aromatic carbocycles. The zero-order valence-electron chi connectivity index (χ0n) is 11.1. The summed E-state index contributed by atoms with van der Waals surface area (Å²) >= 11 is 13.3. The quantitative estimate of drug-likeness (QED) is 0.612. The van der Waals surface area contributed by atoms with Crippen molar-refractivity contribution in [1.29, 1.82) is 0 Å². The van der Waals surface area contributed by atoms with Gasteiger partial charge in [0.05, 0.1) is 16.1 Å². The lowest BCUT2D eigenvalue weighted by Gasteiger charge is -2.12. The van der Waals surface area contributed by atoms with E-state index in [1.807, 2.05) is 12.1 Å². The van der Waals surface area contributed by atoms with E-state index in [2.05, 4.69) is 0 Å². The number of halogens is 2. The average Bonchev–Trinajstić information content (AvgIpc) is 2.46. The molecule has 0 amide bonds. The highest BCUT2D eigenvalue weighted by atomic mass is 35.5. The third-order valence-corrected chi connectivity index (χ3v) is 4.51. The van der Waals surface area contributed by atoms with Gasteiger partial charge in [-0.15, -0.1) is 11.8 Å². The van der Waals surface area contributed by atoms with Crippen molar-refractivity contribution in [1.82, 2.24) is 0 Å². The van der Waals surface area contributed by atoms with Crippen molar-refractivity contribution in [3.05, 3.63) is 52.5 Å². The maximum Gasteiger partial charge on any atom is 0.121 e. The van der Waals surface area contributed by atoms with Crippen molar-refractivity contribution in [3.8, 4) is 5.75 Å². The highest BCUT2D eigenvalue weighted by Gasteiger charge is 2.08. The molecule has 0 fully saturated rings. The van der Waals surface area contributed by atoms with Crippen LogP contribution in [0.25, 0.3) is 0 Å². The van der Waals surface area contributed by atoms with Crippen LogP contribution in [0.1, 0.15) is 0 Å². The summed E-state index contributed by atoms with van der Waals surface area (Å²) in [5.41, 5.74) is 6.29. The minimum atomic E-state index is -0.592. The van der Waals surface area contributed by atoms with Crippen molar-refractivity contribution >= 4 is 40.7 Å². The number of thioether (sulfide) groups is 1. The molecule has 21 heavy (non-hydrogen) atoms. The summed E-state index contributed by atoms with van der Waals surface area (Å²) in [6.45, 7) is 0.206. The molecule has 2 rings (SSSR count). The number of aliphatic hydroxyl groups excluding tert-OH is 1. The topological polar surface area (TPSA) is 55.5 Å². The van der Waals surface area contributed by atoms with Crippen molar-refractivity contribution < 1.29 is 9.84 Å². The van der Waals surface area contributed by atoms with Crippen LogP contribution in [0.5, 0.6) is 5.75 Å². The summed E-state index contributed by atoms with van der Waals surface area (Å²) in [6.07, 6.45) is -0.592. The summed E-state index contributed by atoms with van der Waals surface area (Å²) in [4.78, 5) is 0.951. The van der Waals surface area contributed by atoms with Crippen molar-refractivity contribution in [3.63, 3.8) is 0 Å². The van der Waals surface area contributed by atoms with Gasteiger partial charge >= 0.3 is 0 Å². The van der Waals surface area contributed by atoms with E-state index in [0.717, 1.165) is 4.90 Å². The molecule has 112 valence electrons. The Balaban J connectivity index is 1.79. The van der Waals surface area contributed by atoms with Gasteiger partial charge in [0.15, 0.2) is 0 Å². The number of hydrogen-bond acceptors (Lipinski definition) is 4. The maximum absolute atomic E-state index is 9.93. The zero-order chi connectivity index (χ0) is 15.2. The van der Waals surface area contributed by atoms with Crippen LogP contribution in [0, 0.1) is 0 Å². The number of ether oxygens (including phenoxy) is 1. The summed E-state index contributed by atoms with van der Waals surface area (Å²) in [5.74, 6) is 1.15. The van der Waals surface area contributed by atoms with E-state index in [9.17, 15) is 5.11 Å². The summed E-state index contributed by atoms with van der Waals surface area (Å²) in [6, 6.07) is 12.5. The third kappa shape index (κ3) is 5.32. The Morgan fingerprint density at radius 2 is 1.95 bits per heavy atom. The third-order valence-electron chi connectivity index (χ3n) is 2.63. The fraction of sp³-hybridized carbons (Fsp3) is 0.200. The smallest absolute Gasteiger partial charge is 0.121 e. The van der Waals surface area contributed by atoms with Gasteiger partial charge in [-0.1, -0.05) is 29.3 Å². The fourth-order valence-corrected chi connectivity index (χ4v) is 2.81. The number of aliphatic hydroxyl groups is 1. The minimum absolute atomic E-state index is 0.206. The highest BCUT2D eigenvalue weighted by Crippen LogP contribution is 2.28. The van der Waals surface area contributed by atoms with Crippen LogP contribution < -0.4 is 10.5 Å². The number of hydrogen-bond donors (Lipinski definition) is 2. The number of nitrogens with two attached hydrogens (primary N) is 1. The van der Waals surface area contributed by atoms with Gasteiger partial charge in [-0.2, -0.15) is 0 Å². The predicted octanol–water partition coefficient (Wildman–Crippen LogP) is 4.11. The molecule has 0 spiro atoms. The van der Waals surface area contributed by atoms with Gasteiger partial charge in [-0.05, 0) is 30.3 Å². The zero-order valence-corrected chi connectivity index (χ0v) is 13.5. The molecule has 1 atom stereocenters. The molecule has 0 radical (unpaired) electrons. The van der Waals surface area contributed by atoms with Gasteiger partial charge in [0.2, 0.25) is 0 Å². The van der Waals surface area contributed by atoms with Gasteiger partial charge in [-0.25, -0.2) is 0 Å². The summed E-state index contributed by atoms with van der Waals surface area (Å²) in [5, 5.41) is 11.0. The summed E-state index contributed by atoms with van der Waals surface area (Å²) in [7, 11) is 0. The van der Waals surface area contributed by atoms with Crippen LogP contribution in [0.2, 0.25) is 10.0 Å². The second-order valence-electron chi connectivity index (χ2n) is 4.42. The molecule has 0 heterocycles. The normalized spacial score (nSPS) is 12.1. The van der Waals surface area contributed by atoms with Gasteiger partial charge in [0, 0.05) is 22.4 Å². The fourth-order valence-electron chi connectivity index (χ4n) is 1.60. The number of anilines is 1. The van der Waals surface area contributed by atoms with Crippen molar-refractivity contribution in [2.24, 2.45) is 0 Å². The first-order valence-corrected chi connectivity index (χ1v) is 8.03. The Bertz CT molecular complexity index is 610. The van der Waals surface area contributed by atoms with E-state index < -0.39 is 6.10 Å². The molecule has 0 bridgehead atoms. The van der Waals surface area contributed by atoms with E-state index in [1.54, 1.807) is 30.3 Å². The first kappa shape index (κ1) is 16.3. The average molecular weight is 344 g/mol. The molecule has 6 heteroatoms. The molecule has 1 unspecified atom stereocenters. The first-order chi connectivity index (χ1) is 10.0. The predicted molar refractivity (Wildman–Crippen MR) is 89.5 cm³/mol. The molecule has 3 nitrogen and oxygen atoms in total. The number of rotatable bonds is 6. The van der Waals surface area contributed by atoms with Gasteiger partial charge in [0.25, 0.3) is 0 Å². The Morgan fingerprint density at radius 3 is 2.67 bits per heavy atom. The summed E-state index contributed by atoms with van der Waals surface area (Å²) < 4.78 is 5.49. The van der Waals surface area contributed by atoms with E-state index in [-0.39, 0.29) is 6.61 Å². The van der Waals surface area contributed by atoms with Gasteiger partial charge in [0.1, 0.15) is 12.4 Å². The molecule has 0 aliphatic carbocycles. The Kier molecular flexibility index (Phi) is 6.06. The second-order valence-corrected chi connectivity index (χ2v) is 6.33. The molecular formula is C15H15Cl2NO2S. The van der Waals surface area contributed by atoms with E-state index in [1.165, 1.54) is 11.8 Å². The molecular weight excluding hydrogens is 329 g/mol. The van der Waals surface area contributed by atoms with Crippen LogP contribution in [0.3, 0.4) is 0 Å². The highest BCUT2D eigenvalue weighted by molar-refractivity contribution is 7.99. The minimum Gasteiger partial charge on any atom is -0.491 e. The first-order valence-electron chi connectivity index (χ1n) is 6.29. The lowest BCUT2D eigenvalue weighted by Crippen LogP contribution is -2.20. The van der Waals surface area contributed by atoms with E-state index >= 15 is 0 Å². The van der Waals surface area contributed by atoms with E-state index in [0.29, 0.717) is 27.2 Å². The number of benzene rings is 2. The van der Waals surface area contributed by atoms with Gasteiger partial charge < -0.3 is 15.6 Å². The van der Waals surface area contributed by atoms with Gasteiger partial charge in [-0.3, -0.25) is 0 Å². The Hall–Kier alpha value is -1.07. The van der Waals surface area contributed by atoms with E-state index in [4.69, 9.17) is 33.7 Å². The van der Waals surface area contributed by atoms with Crippen LogP contribution in [-0.2, 0) is 0 Å². The van der Waals surface area contributed by atoms with Crippen LogP contribution in [-0.4, -0.2) is 23.6 Å². The SMILES string of the molecule is Nc1cccc(OCC(O)CSc2ccc(Cl)c(Cl)c2)c1. The van der Waals surface area contributed by atoms with Crippen molar-refractivity contribution in [2.75, 3.05) is 18.1 Å². The second kappa shape index (κ2) is 7.80. The Morgan fingerprint density at radius 1 is 1.14 bits per heavy atom. The van der Waals surface area contributed by atoms with Crippen LogP contribution in [0.4, 0.5) is 5.69 Å². The standard InChI is InChI=1S/C15H15Cl2NO2S/c16-14-5-4-13(7-15(14)17)21-9-11(19)8-20-12-3-1-2-10(18)6-12/h1-7,11,19H,8-9,18H2. The molecule has 0 saturated carbocycles. The molecule has 3 N–H and O–H groups in total. The van der Waals surface area contributed by atoms with Crippen molar-refractivity contribution in [2.45, 2.75) is 11.0 Å². The van der Waals surface area contributed by atoms with Crippen LogP contribution in [0.15, 0.2) is 47.4 Å². The maximum atomic E-state index is 9.93. The monoisotopic (exact) mass is 343 g/mol. The molecule has 2 aromatic rings. The van der Waals surface area contributed by atoms with Crippen LogP contribution >= 0.6 is 35.0 Å². The largest absolute Gasteiger partial charge is 0.491 e. The number of nitrogen functional groups attached to an aromatic ring is 1. The lowest BCUT2D eigenvalue weighted by molar-refractivity contribution is 0.126.